The first-order valence-corrected chi connectivity index (χ1v) is 10.7. The monoisotopic (exact) mass is 428 g/mol. The van der Waals surface area contributed by atoms with E-state index in [1.165, 1.54) is 11.8 Å². The Labute approximate surface area is 184 Å². The lowest BCUT2D eigenvalue weighted by Gasteiger charge is -2.08. The van der Waals surface area contributed by atoms with Gasteiger partial charge >= 0.3 is 0 Å². The number of Topliss-reactive ketones (excluding diaryl/α,β-unsaturated/α-hetero) is 1. The molecule has 31 heavy (non-hydrogen) atoms. The molecule has 0 bridgehead atoms. The van der Waals surface area contributed by atoms with Crippen LogP contribution in [0.2, 0.25) is 0 Å². The maximum Gasteiger partial charge on any atom is 0.192 e. The summed E-state index contributed by atoms with van der Waals surface area (Å²) in [5, 5.41) is 9.24. The lowest BCUT2D eigenvalue weighted by molar-refractivity contribution is 0.102. The third-order valence-electron chi connectivity index (χ3n) is 4.45. The number of ether oxygens (including phenoxy) is 1. The Morgan fingerprint density at radius 2 is 1.68 bits per heavy atom. The molecule has 0 unspecified atom stereocenters. The van der Waals surface area contributed by atoms with E-state index in [0.29, 0.717) is 23.0 Å². The van der Waals surface area contributed by atoms with Gasteiger partial charge < -0.3 is 4.74 Å². The zero-order valence-corrected chi connectivity index (χ0v) is 17.5. The van der Waals surface area contributed by atoms with Crippen molar-refractivity contribution in [2.45, 2.75) is 11.7 Å². The Kier molecular flexibility index (Phi) is 6.54. The smallest absolute Gasteiger partial charge is 0.192 e. The van der Waals surface area contributed by atoms with Crippen molar-refractivity contribution in [3.05, 3.63) is 97.3 Å². The molecular weight excluding hydrogens is 408 g/mol. The van der Waals surface area contributed by atoms with Crippen LogP contribution < -0.4 is 4.74 Å². The molecule has 4 aromatic rings. The zero-order chi connectivity index (χ0) is 21.5. The van der Waals surface area contributed by atoms with Gasteiger partial charge in [0.1, 0.15) is 11.5 Å². The normalized spacial score (nSPS) is 10.6. The van der Waals surface area contributed by atoms with Gasteiger partial charge in [-0.25, -0.2) is 0 Å². The summed E-state index contributed by atoms with van der Waals surface area (Å²) < 4.78 is 7.72. The number of pyridine rings is 1. The highest BCUT2D eigenvalue weighted by atomic mass is 32.2. The second-order valence-electron chi connectivity index (χ2n) is 6.59. The molecule has 0 saturated carbocycles. The summed E-state index contributed by atoms with van der Waals surface area (Å²) in [6.45, 7) is 4.36. The second kappa shape index (κ2) is 9.86. The van der Waals surface area contributed by atoms with E-state index < -0.39 is 0 Å². The van der Waals surface area contributed by atoms with Crippen LogP contribution in [0, 0.1) is 0 Å². The highest BCUT2D eigenvalue weighted by Gasteiger charge is 2.15. The summed E-state index contributed by atoms with van der Waals surface area (Å²) >= 11 is 1.36. The Morgan fingerprint density at radius 1 is 0.968 bits per heavy atom. The number of hydrogen-bond donors (Lipinski definition) is 0. The molecule has 0 fully saturated rings. The quantitative estimate of drug-likeness (QED) is 0.205. The van der Waals surface area contributed by atoms with Crippen LogP contribution in [-0.4, -0.2) is 31.3 Å². The van der Waals surface area contributed by atoms with Crippen LogP contribution in [0.3, 0.4) is 0 Å². The minimum absolute atomic E-state index is 0.00914. The van der Waals surface area contributed by atoms with Crippen LogP contribution in [0.15, 0.2) is 96.9 Å². The lowest BCUT2D eigenvalue weighted by Crippen LogP contribution is -2.05. The third-order valence-corrected chi connectivity index (χ3v) is 5.42. The van der Waals surface area contributed by atoms with E-state index in [0.717, 1.165) is 17.1 Å². The molecule has 0 saturated heterocycles. The van der Waals surface area contributed by atoms with Crippen LogP contribution in [0.5, 0.6) is 11.5 Å². The molecule has 0 spiro atoms. The fourth-order valence-electron chi connectivity index (χ4n) is 2.95. The van der Waals surface area contributed by atoms with Crippen molar-refractivity contribution in [3.63, 3.8) is 0 Å². The Balaban J connectivity index is 1.43. The van der Waals surface area contributed by atoms with E-state index >= 15 is 0 Å². The van der Waals surface area contributed by atoms with Crippen molar-refractivity contribution >= 4 is 17.5 Å². The predicted octanol–water partition coefficient (Wildman–Crippen LogP) is 5.29. The number of para-hydroxylation sites is 1. The van der Waals surface area contributed by atoms with E-state index in [4.69, 9.17) is 4.74 Å². The van der Waals surface area contributed by atoms with E-state index in [9.17, 15) is 4.79 Å². The van der Waals surface area contributed by atoms with Crippen molar-refractivity contribution in [3.8, 4) is 22.9 Å². The molecular formula is C24H20N4O2S. The number of hydrogen-bond acceptors (Lipinski definition) is 6. The van der Waals surface area contributed by atoms with Gasteiger partial charge in [-0.3, -0.25) is 14.3 Å². The molecule has 0 radical (unpaired) electrons. The average Bonchev–Trinajstić information content (AvgIpc) is 3.22. The summed E-state index contributed by atoms with van der Waals surface area (Å²) in [5.74, 6) is 2.42. The SMILES string of the molecule is C=CCn1c(SCC(=O)c2ccc(Oc3ccccc3)cc2)nnc1-c1ccncc1. The van der Waals surface area contributed by atoms with Gasteiger partial charge in [0, 0.05) is 30.1 Å². The topological polar surface area (TPSA) is 69.9 Å². The van der Waals surface area contributed by atoms with Gasteiger partial charge in [0.05, 0.1) is 5.75 Å². The molecule has 7 heteroatoms. The van der Waals surface area contributed by atoms with Crippen LogP contribution in [0.1, 0.15) is 10.4 Å². The number of benzene rings is 2. The van der Waals surface area contributed by atoms with Gasteiger partial charge in [-0.15, -0.1) is 16.8 Å². The number of rotatable bonds is 9. The second-order valence-corrected chi connectivity index (χ2v) is 7.54. The molecule has 0 aliphatic heterocycles. The summed E-state index contributed by atoms with van der Waals surface area (Å²) in [4.78, 5) is 16.7. The number of carbonyl (C=O) groups excluding carboxylic acids is 1. The molecule has 154 valence electrons. The van der Waals surface area contributed by atoms with Gasteiger partial charge in [0.15, 0.2) is 16.8 Å². The number of thioether (sulfide) groups is 1. The Bertz CT molecular complexity index is 1160. The largest absolute Gasteiger partial charge is 0.457 e. The Hall–Kier alpha value is -3.71. The maximum atomic E-state index is 12.7. The summed E-state index contributed by atoms with van der Waals surface area (Å²) in [6.07, 6.45) is 5.21. The lowest BCUT2D eigenvalue weighted by atomic mass is 10.1. The van der Waals surface area contributed by atoms with Gasteiger partial charge in [-0.2, -0.15) is 0 Å². The van der Waals surface area contributed by atoms with Crippen molar-refractivity contribution in [1.29, 1.82) is 0 Å². The predicted molar refractivity (Wildman–Crippen MR) is 121 cm³/mol. The molecule has 2 aromatic carbocycles. The fourth-order valence-corrected chi connectivity index (χ4v) is 3.79. The van der Waals surface area contributed by atoms with Gasteiger partial charge in [-0.1, -0.05) is 36.0 Å². The number of ketones is 1. The molecule has 0 aliphatic rings. The molecule has 4 rings (SSSR count). The van der Waals surface area contributed by atoms with E-state index in [1.807, 2.05) is 47.0 Å². The highest BCUT2D eigenvalue weighted by molar-refractivity contribution is 7.99. The minimum Gasteiger partial charge on any atom is -0.457 e. The third kappa shape index (κ3) is 5.07. The first-order valence-electron chi connectivity index (χ1n) is 9.68. The maximum absolute atomic E-state index is 12.7. The van der Waals surface area contributed by atoms with Gasteiger partial charge in [0.2, 0.25) is 0 Å². The molecule has 2 heterocycles. The van der Waals surface area contributed by atoms with Gasteiger partial charge in [0.25, 0.3) is 0 Å². The molecule has 2 aromatic heterocycles. The van der Waals surface area contributed by atoms with Crippen molar-refractivity contribution < 1.29 is 9.53 Å². The molecule has 6 nitrogen and oxygen atoms in total. The summed E-state index contributed by atoms with van der Waals surface area (Å²) in [5.41, 5.74) is 1.54. The van der Waals surface area contributed by atoms with Crippen molar-refractivity contribution in [2.75, 3.05) is 5.75 Å². The number of nitrogens with zero attached hydrogens (tertiary/aromatic N) is 4. The Morgan fingerprint density at radius 3 is 2.39 bits per heavy atom. The molecule has 0 atom stereocenters. The van der Waals surface area contributed by atoms with Crippen molar-refractivity contribution in [2.24, 2.45) is 0 Å². The fraction of sp³-hybridized carbons (Fsp3) is 0.0833. The van der Waals surface area contributed by atoms with Crippen LogP contribution >= 0.6 is 11.8 Å². The summed E-state index contributed by atoms with van der Waals surface area (Å²) in [7, 11) is 0. The standard InChI is InChI=1S/C24H20N4O2S/c1-2-16-28-23(19-12-14-25-15-13-19)26-27-24(28)31-17-22(29)18-8-10-21(11-9-18)30-20-6-4-3-5-7-20/h2-15H,1,16-17H2. The highest BCUT2D eigenvalue weighted by Crippen LogP contribution is 2.25. The van der Waals surface area contributed by atoms with Crippen LogP contribution in [0.4, 0.5) is 0 Å². The molecule has 0 aliphatic carbocycles. The molecule has 0 N–H and O–H groups in total. The number of allylic oxidation sites excluding steroid dienone is 1. The average molecular weight is 429 g/mol. The number of aromatic nitrogens is 4. The van der Waals surface area contributed by atoms with Crippen LogP contribution in [-0.2, 0) is 6.54 Å². The zero-order valence-electron chi connectivity index (χ0n) is 16.7. The molecule has 0 amide bonds. The van der Waals surface area contributed by atoms with Gasteiger partial charge in [-0.05, 0) is 48.5 Å². The van der Waals surface area contributed by atoms with E-state index in [1.54, 1.807) is 42.7 Å². The summed E-state index contributed by atoms with van der Waals surface area (Å²) in [6, 6.07) is 20.4. The number of carbonyl (C=O) groups is 1. The first kappa shape index (κ1) is 20.6. The first-order chi connectivity index (χ1) is 15.2. The van der Waals surface area contributed by atoms with Crippen LogP contribution in [0.25, 0.3) is 11.4 Å². The minimum atomic E-state index is 0.00914. The van der Waals surface area contributed by atoms with Crippen molar-refractivity contribution in [1.82, 2.24) is 19.7 Å². The van der Waals surface area contributed by atoms with E-state index in [-0.39, 0.29) is 11.5 Å². The van der Waals surface area contributed by atoms with E-state index in [2.05, 4.69) is 21.8 Å².